The number of amides is 1. The summed E-state index contributed by atoms with van der Waals surface area (Å²) in [7, 11) is 1.93. The fraction of sp³-hybridized carbons (Fsp3) is 0.222. The molecule has 1 aliphatic rings. The van der Waals surface area contributed by atoms with Crippen LogP contribution in [-0.2, 0) is 7.05 Å². The average Bonchev–Trinajstić information content (AvgIpc) is 3.14. The molecule has 0 atom stereocenters. The number of fused-ring (bicyclic) bond motifs is 2. The van der Waals surface area contributed by atoms with Gasteiger partial charge in [-0.3, -0.25) is 4.79 Å². The number of hydrogen-bond donors (Lipinski definition) is 0. The molecule has 0 fully saturated rings. The van der Waals surface area contributed by atoms with E-state index in [1.807, 2.05) is 11.6 Å². The van der Waals surface area contributed by atoms with E-state index < -0.39 is 0 Å². The quantitative estimate of drug-likeness (QED) is 0.683. The number of ether oxygens (including phenoxy) is 2. The van der Waals surface area contributed by atoms with Crippen LogP contribution in [-0.4, -0.2) is 17.3 Å². The van der Waals surface area contributed by atoms with Crippen molar-refractivity contribution >= 4 is 27.5 Å². The van der Waals surface area contributed by atoms with Crippen molar-refractivity contribution in [3.8, 4) is 11.5 Å². The first-order chi connectivity index (χ1) is 11.5. The minimum Gasteiger partial charge on any atom is -0.454 e. The van der Waals surface area contributed by atoms with Crippen molar-refractivity contribution in [1.29, 1.82) is 0 Å². The third-order valence-electron chi connectivity index (χ3n) is 4.24. The van der Waals surface area contributed by atoms with Crippen LogP contribution in [0.15, 0.2) is 35.3 Å². The highest BCUT2D eigenvalue weighted by Crippen LogP contribution is 2.32. The topological polar surface area (TPSA) is 52.8 Å². The maximum atomic E-state index is 12.5. The van der Waals surface area contributed by atoms with E-state index in [9.17, 15) is 4.79 Å². The summed E-state index contributed by atoms with van der Waals surface area (Å²) in [6, 6.07) is 9.39. The lowest BCUT2D eigenvalue weighted by Crippen LogP contribution is -2.13. The molecule has 1 aromatic heterocycles. The van der Waals surface area contributed by atoms with Gasteiger partial charge in [-0.1, -0.05) is 11.3 Å². The van der Waals surface area contributed by atoms with E-state index in [2.05, 4.69) is 31.0 Å². The lowest BCUT2D eigenvalue weighted by Gasteiger charge is -2.01. The Kier molecular flexibility index (Phi) is 3.42. The van der Waals surface area contributed by atoms with Gasteiger partial charge in [-0.25, -0.2) is 0 Å². The van der Waals surface area contributed by atoms with E-state index in [0.29, 0.717) is 21.9 Å². The predicted octanol–water partition coefficient (Wildman–Crippen LogP) is 3.33. The second-order valence-corrected chi connectivity index (χ2v) is 6.84. The molecule has 0 N–H and O–H groups in total. The molecule has 122 valence electrons. The van der Waals surface area contributed by atoms with Gasteiger partial charge < -0.3 is 14.0 Å². The summed E-state index contributed by atoms with van der Waals surface area (Å²) >= 11 is 1.51. The van der Waals surface area contributed by atoms with Gasteiger partial charge in [0, 0.05) is 12.6 Å². The SMILES string of the molecule is Cc1cc2sc(=NC(=O)c3ccc4c(c3)OCO4)n(C)c2cc1C. The van der Waals surface area contributed by atoms with E-state index in [4.69, 9.17) is 9.47 Å². The van der Waals surface area contributed by atoms with Gasteiger partial charge in [-0.05, 0) is 55.3 Å². The third kappa shape index (κ3) is 2.39. The second-order valence-electron chi connectivity index (χ2n) is 5.83. The van der Waals surface area contributed by atoms with E-state index >= 15 is 0 Å². The molecular formula is C18H16N2O3S. The molecule has 3 aromatic rings. The van der Waals surface area contributed by atoms with Gasteiger partial charge in [0.05, 0.1) is 10.2 Å². The maximum absolute atomic E-state index is 12.5. The molecule has 0 saturated carbocycles. The smallest absolute Gasteiger partial charge is 0.279 e. The molecule has 5 nitrogen and oxygen atoms in total. The highest BCUT2D eigenvalue weighted by atomic mass is 32.1. The number of hydrogen-bond acceptors (Lipinski definition) is 4. The third-order valence-corrected chi connectivity index (χ3v) is 5.34. The van der Waals surface area contributed by atoms with Crippen molar-refractivity contribution in [2.45, 2.75) is 13.8 Å². The van der Waals surface area contributed by atoms with E-state index in [1.54, 1.807) is 18.2 Å². The zero-order chi connectivity index (χ0) is 16.8. The van der Waals surface area contributed by atoms with Crippen molar-refractivity contribution < 1.29 is 14.3 Å². The van der Waals surface area contributed by atoms with Gasteiger partial charge in [-0.2, -0.15) is 4.99 Å². The summed E-state index contributed by atoms with van der Waals surface area (Å²) in [5, 5.41) is 0. The predicted molar refractivity (Wildman–Crippen MR) is 92.7 cm³/mol. The van der Waals surface area contributed by atoms with Crippen molar-refractivity contribution in [3.63, 3.8) is 0 Å². The highest BCUT2D eigenvalue weighted by molar-refractivity contribution is 7.16. The second kappa shape index (κ2) is 5.49. The summed E-state index contributed by atoms with van der Waals surface area (Å²) < 4.78 is 13.7. The van der Waals surface area contributed by atoms with Crippen LogP contribution in [0.5, 0.6) is 11.5 Å². The molecule has 2 aromatic carbocycles. The Bertz CT molecular complexity index is 1050. The molecule has 4 rings (SSSR count). The Morgan fingerprint density at radius 2 is 1.88 bits per heavy atom. The maximum Gasteiger partial charge on any atom is 0.279 e. The van der Waals surface area contributed by atoms with Crippen LogP contribution in [0.4, 0.5) is 0 Å². The molecule has 0 aliphatic carbocycles. The van der Waals surface area contributed by atoms with Gasteiger partial charge in [0.25, 0.3) is 5.91 Å². The largest absolute Gasteiger partial charge is 0.454 e. The Labute approximate surface area is 142 Å². The summed E-state index contributed by atoms with van der Waals surface area (Å²) in [5.41, 5.74) is 4.03. The Morgan fingerprint density at radius 3 is 2.71 bits per heavy atom. The summed E-state index contributed by atoms with van der Waals surface area (Å²) in [5.74, 6) is 0.955. The fourth-order valence-corrected chi connectivity index (χ4v) is 3.76. The monoisotopic (exact) mass is 340 g/mol. The fourth-order valence-electron chi connectivity index (χ4n) is 2.67. The Hall–Kier alpha value is -2.60. The Morgan fingerprint density at radius 1 is 1.12 bits per heavy atom. The molecule has 6 heteroatoms. The minimum atomic E-state index is -0.288. The summed E-state index contributed by atoms with van der Waals surface area (Å²) in [4.78, 5) is 17.5. The van der Waals surface area contributed by atoms with Crippen LogP contribution in [0.1, 0.15) is 21.5 Å². The van der Waals surface area contributed by atoms with Gasteiger partial charge in [0.2, 0.25) is 6.79 Å². The number of thiazole rings is 1. The van der Waals surface area contributed by atoms with Gasteiger partial charge in [0.1, 0.15) is 0 Å². The number of carbonyl (C=O) groups is 1. The van der Waals surface area contributed by atoms with Crippen LogP contribution in [0, 0.1) is 13.8 Å². The van der Waals surface area contributed by atoms with Crippen molar-refractivity contribution in [1.82, 2.24) is 4.57 Å². The van der Waals surface area contributed by atoms with Crippen molar-refractivity contribution in [3.05, 3.63) is 51.8 Å². The summed E-state index contributed by atoms with van der Waals surface area (Å²) in [6.45, 7) is 4.36. The molecule has 0 unspecified atom stereocenters. The first-order valence-electron chi connectivity index (χ1n) is 7.58. The molecule has 0 bridgehead atoms. The van der Waals surface area contributed by atoms with Crippen LogP contribution >= 0.6 is 11.3 Å². The number of aryl methyl sites for hydroxylation is 3. The van der Waals surface area contributed by atoms with E-state index in [0.717, 1.165) is 10.2 Å². The van der Waals surface area contributed by atoms with Gasteiger partial charge >= 0.3 is 0 Å². The first-order valence-corrected chi connectivity index (χ1v) is 8.40. The van der Waals surface area contributed by atoms with Gasteiger partial charge in [0.15, 0.2) is 16.3 Å². The zero-order valence-corrected chi connectivity index (χ0v) is 14.4. The molecule has 0 spiro atoms. The molecule has 1 amide bonds. The van der Waals surface area contributed by atoms with E-state index in [1.165, 1.54) is 22.5 Å². The number of aromatic nitrogens is 1. The standard InChI is InChI=1S/C18H16N2O3S/c1-10-6-13-16(7-11(10)2)24-18(20(13)3)19-17(21)12-4-5-14-15(8-12)23-9-22-14/h4-8H,9H2,1-3H3. The minimum absolute atomic E-state index is 0.189. The van der Waals surface area contributed by atoms with Crippen LogP contribution in [0.3, 0.4) is 0 Å². The van der Waals surface area contributed by atoms with Gasteiger partial charge in [-0.15, -0.1) is 0 Å². The summed E-state index contributed by atoms with van der Waals surface area (Å²) in [6.07, 6.45) is 0. The first kappa shape index (κ1) is 15.0. The zero-order valence-electron chi connectivity index (χ0n) is 13.6. The molecule has 2 heterocycles. The molecule has 0 saturated heterocycles. The average molecular weight is 340 g/mol. The van der Waals surface area contributed by atoms with E-state index in [-0.39, 0.29) is 12.7 Å². The highest BCUT2D eigenvalue weighted by Gasteiger charge is 2.16. The lowest BCUT2D eigenvalue weighted by atomic mass is 10.1. The molecule has 1 aliphatic heterocycles. The normalized spacial score (nSPS) is 13.7. The number of nitrogens with zero attached hydrogens (tertiary/aromatic N) is 2. The number of benzene rings is 2. The molecule has 0 radical (unpaired) electrons. The Balaban J connectivity index is 1.79. The van der Waals surface area contributed by atoms with Crippen LogP contribution in [0.2, 0.25) is 0 Å². The number of carbonyl (C=O) groups excluding carboxylic acids is 1. The van der Waals surface area contributed by atoms with Crippen molar-refractivity contribution in [2.75, 3.05) is 6.79 Å². The number of rotatable bonds is 1. The van der Waals surface area contributed by atoms with Crippen molar-refractivity contribution in [2.24, 2.45) is 12.0 Å². The molecule has 24 heavy (non-hydrogen) atoms. The van der Waals surface area contributed by atoms with Crippen LogP contribution < -0.4 is 14.3 Å². The lowest BCUT2D eigenvalue weighted by molar-refractivity contribution is 0.0997. The van der Waals surface area contributed by atoms with Crippen LogP contribution in [0.25, 0.3) is 10.2 Å². The molecular weight excluding hydrogens is 324 g/mol.